The van der Waals surface area contributed by atoms with Crippen molar-refractivity contribution in [3.63, 3.8) is 0 Å². The maximum absolute atomic E-state index is 15.5. The first-order valence-corrected chi connectivity index (χ1v) is 11.8. The van der Waals surface area contributed by atoms with E-state index in [0.29, 0.717) is 41.0 Å². The number of ether oxygens (including phenoxy) is 1. The van der Waals surface area contributed by atoms with Crippen LogP contribution in [0.1, 0.15) is 60.0 Å². The molecule has 1 saturated carbocycles. The fourth-order valence-electron chi connectivity index (χ4n) is 5.53. The molecule has 1 unspecified atom stereocenters. The highest BCUT2D eigenvalue weighted by atomic mass is 19.1. The minimum absolute atomic E-state index is 0.0775. The number of piperidine rings is 1. The van der Waals surface area contributed by atoms with Crippen LogP contribution in [-0.4, -0.2) is 54.5 Å². The van der Waals surface area contributed by atoms with Gasteiger partial charge in [-0.05, 0) is 43.2 Å². The number of amides is 3. The first kappa shape index (κ1) is 21.5. The molecule has 3 amide bonds. The summed E-state index contributed by atoms with van der Waals surface area (Å²) in [4.78, 5) is 38.0. The zero-order valence-corrected chi connectivity index (χ0v) is 18.2. The van der Waals surface area contributed by atoms with Crippen molar-refractivity contribution in [2.24, 2.45) is 11.8 Å². The number of nitrogens with zero attached hydrogens (tertiary/aromatic N) is 1. The third kappa shape index (κ3) is 4.06. The monoisotopic (exact) mass is 443 g/mol. The van der Waals surface area contributed by atoms with Crippen molar-refractivity contribution >= 4 is 17.7 Å². The highest BCUT2D eigenvalue weighted by Crippen LogP contribution is 2.34. The molecular weight excluding hydrogens is 413 g/mol. The second kappa shape index (κ2) is 8.90. The molecule has 1 aliphatic carbocycles. The van der Waals surface area contributed by atoms with Crippen molar-refractivity contribution in [3.8, 4) is 0 Å². The number of carbonyl (C=O) groups excluding carboxylic acids is 3. The van der Waals surface area contributed by atoms with Crippen LogP contribution in [0.25, 0.3) is 0 Å². The van der Waals surface area contributed by atoms with Gasteiger partial charge in [0.05, 0.1) is 19.8 Å². The van der Waals surface area contributed by atoms with Crippen molar-refractivity contribution in [2.45, 2.75) is 63.6 Å². The number of nitrogens with one attached hydrogen (secondary N) is 2. The Hall–Kier alpha value is -2.32. The number of benzene rings is 1. The highest BCUT2D eigenvalue weighted by Gasteiger charge is 2.40. The Morgan fingerprint density at radius 2 is 1.94 bits per heavy atom. The number of hydrogen-bond acceptors (Lipinski definition) is 5. The van der Waals surface area contributed by atoms with Gasteiger partial charge in [-0.15, -0.1) is 0 Å². The van der Waals surface area contributed by atoms with Gasteiger partial charge in [-0.25, -0.2) is 4.39 Å². The summed E-state index contributed by atoms with van der Waals surface area (Å²) in [5.74, 6) is -0.512. The van der Waals surface area contributed by atoms with Gasteiger partial charge >= 0.3 is 0 Å². The zero-order valence-electron chi connectivity index (χ0n) is 18.2. The quantitative estimate of drug-likeness (QED) is 0.656. The number of imide groups is 1. The molecule has 2 saturated heterocycles. The van der Waals surface area contributed by atoms with Gasteiger partial charge in [-0.1, -0.05) is 18.9 Å². The van der Waals surface area contributed by atoms with Gasteiger partial charge in [-0.3, -0.25) is 19.7 Å². The molecule has 4 aliphatic rings. The van der Waals surface area contributed by atoms with Crippen molar-refractivity contribution in [1.82, 2.24) is 15.5 Å². The summed E-state index contributed by atoms with van der Waals surface area (Å²) < 4.78 is 20.8. The van der Waals surface area contributed by atoms with Crippen LogP contribution < -0.4 is 10.6 Å². The summed E-state index contributed by atoms with van der Waals surface area (Å²) in [7, 11) is 0. The molecule has 0 aromatic heterocycles. The van der Waals surface area contributed by atoms with Crippen molar-refractivity contribution in [2.75, 3.05) is 19.8 Å². The van der Waals surface area contributed by atoms with Crippen molar-refractivity contribution < 1.29 is 23.5 Å². The van der Waals surface area contributed by atoms with Gasteiger partial charge in [0.2, 0.25) is 11.8 Å². The Bertz CT molecular complexity index is 932. The number of rotatable bonds is 6. The van der Waals surface area contributed by atoms with E-state index in [1.807, 2.05) is 0 Å². The number of halogens is 1. The minimum atomic E-state index is -0.724. The third-order valence-corrected chi connectivity index (χ3v) is 7.50. The lowest BCUT2D eigenvalue weighted by Gasteiger charge is -2.35. The molecule has 3 heterocycles. The fourth-order valence-corrected chi connectivity index (χ4v) is 5.53. The summed E-state index contributed by atoms with van der Waals surface area (Å²) >= 11 is 0. The molecule has 0 bridgehead atoms. The van der Waals surface area contributed by atoms with Crippen molar-refractivity contribution in [1.29, 1.82) is 0 Å². The zero-order chi connectivity index (χ0) is 22.2. The molecule has 8 heteroatoms. The maximum Gasteiger partial charge on any atom is 0.255 e. The fraction of sp³-hybridized carbons (Fsp3) is 0.625. The van der Waals surface area contributed by atoms with Crippen LogP contribution in [0.4, 0.5) is 4.39 Å². The van der Waals surface area contributed by atoms with E-state index < -0.39 is 11.9 Å². The number of fused-ring (bicyclic) bond motifs is 1. The van der Waals surface area contributed by atoms with Gasteiger partial charge in [0.15, 0.2) is 0 Å². The van der Waals surface area contributed by atoms with E-state index in [1.165, 1.54) is 11.3 Å². The average molecular weight is 444 g/mol. The predicted molar refractivity (Wildman–Crippen MR) is 114 cm³/mol. The molecule has 3 fully saturated rings. The summed E-state index contributed by atoms with van der Waals surface area (Å²) in [6, 6.07) is 3.10. The van der Waals surface area contributed by atoms with Crippen LogP contribution in [0.15, 0.2) is 12.1 Å². The van der Waals surface area contributed by atoms with Gasteiger partial charge in [0.25, 0.3) is 5.91 Å². The Labute approximate surface area is 187 Å². The molecule has 5 rings (SSSR count). The van der Waals surface area contributed by atoms with Crippen LogP contribution in [0, 0.1) is 17.7 Å². The lowest BCUT2D eigenvalue weighted by molar-refractivity contribution is -0.136. The van der Waals surface area contributed by atoms with E-state index in [9.17, 15) is 14.4 Å². The highest BCUT2D eigenvalue weighted by molar-refractivity contribution is 6.05. The lowest BCUT2D eigenvalue weighted by Crippen LogP contribution is -2.52. The average Bonchev–Trinajstić information content (AvgIpc) is 3.07. The van der Waals surface area contributed by atoms with Crippen molar-refractivity contribution in [3.05, 3.63) is 34.6 Å². The van der Waals surface area contributed by atoms with Gasteiger partial charge in [0, 0.05) is 36.1 Å². The largest absolute Gasteiger partial charge is 0.381 e. The molecule has 3 atom stereocenters. The standard InChI is InChI=1S/C24H30FN3O4/c25-22-16(9-15-3-1-2-4-19(15)26-10-14-12-32-13-14)5-6-17-18(22)11-28(24(17)31)20-7-8-21(29)27-23(20)30/h5-6,14-15,19-20,26H,1-4,7-13H2,(H,27,29,30)/t15-,19+,20?/m1/s1. The Kier molecular flexibility index (Phi) is 5.99. The molecule has 32 heavy (non-hydrogen) atoms. The topological polar surface area (TPSA) is 87.7 Å². The normalized spacial score (nSPS) is 28.5. The molecule has 7 nitrogen and oxygen atoms in total. The first-order chi connectivity index (χ1) is 15.5. The van der Waals surface area contributed by atoms with E-state index in [1.54, 1.807) is 12.1 Å². The van der Waals surface area contributed by atoms with Crippen LogP contribution in [0.2, 0.25) is 0 Å². The molecule has 172 valence electrons. The Morgan fingerprint density at radius 3 is 2.69 bits per heavy atom. The third-order valence-electron chi connectivity index (χ3n) is 7.50. The SMILES string of the molecule is O=C1CCC(N2Cc3c(ccc(C[C@H]4CCCC[C@@H]4NCC4COC4)c3F)C2=O)C(=O)N1. The minimum Gasteiger partial charge on any atom is -0.381 e. The predicted octanol–water partition coefficient (Wildman–Crippen LogP) is 1.92. The van der Waals surface area contributed by atoms with Crippen LogP contribution in [0.3, 0.4) is 0 Å². The van der Waals surface area contributed by atoms with E-state index in [0.717, 1.165) is 39.0 Å². The second-order valence-electron chi connectivity index (χ2n) is 9.63. The summed E-state index contributed by atoms with van der Waals surface area (Å²) in [5.41, 5.74) is 1.36. The summed E-state index contributed by atoms with van der Waals surface area (Å²) in [6.45, 7) is 2.67. The summed E-state index contributed by atoms with van der Waals surface area (Å²) in [5, 5.41) is 5.98. The second-order valence-corrected chi connectivity index (χ2v) is 9.63. The smallest absolute Gasteiger partial charge is 0.255 e. The molecule has 0 radical (unpaired) electrons. The molecule has 1 aromatic carbocycles. The maximum atomic E-state index is 15.5. The van der Waals surface area contributed by atoms with Crippen LogP contribution >= 0.6 is 0 Å². The van der Waals surface area contributed by atoms with Crippen LogP contribution in [-0.2, 0) is 27.3 Å². The lowest BCUT2D eigenvalue weighted by atomic mass is 9.80. The van der Waals surface area contributed by atoms with Gasteiger partial charge in [0.1, 0.15) is 11.9 Å². The van der Waals surface area contributed by atoms with E-state index in [-0.39, 0.29) is 37.0 Å². The van der Waals surface area contributed by atoms with Gasteiger partial charge in [-0.2, -0.15) is 0 Å². The molecule has 2 N–H and O–H groups in total. The Balaban J connectivity index is 1.29. The first-order valence-electron chi connectivity index (χ1n) is 11.8. The number of carbonyl (C=O) groups is 3. The molecule has 1 aromatic rings. The van der Waals surface area contributed by atoms with Gasteiger partial charge < -0.3 is 15.0 Å². The molecule has 3 aliphatic heterocycles. The molecular formula is C24H30FN3O4. The van der Waals surface area contributed by atoms with Crippen LogP contribution in [0.5, 0.6) is 0 Å². The van der Waals surface area contributed by atoms with E-state index in [2.05, 4.69) is 10.6 Å². The van der Waals surface area contributed by atoms with E-state index in [4.69, 9.17) is 4.74 Å². The Morgan fingerprint density at radius 1 is 1.12 bits per heavy atom. The number of hydrogen-bond donors (Lipinski definition) is 2. The van der Waals surface area contributed by atoms with E-state index >= 15 is 4.39 Å². The molecule has 0 spiro atoms. The summed E-state index contributed by atoms with van der Waals surface area (Å²) in [6.07, 6.45) is 5.63.